The van der Waals surface area contributed by atoms with Gasteiger partial charge in [-0.3, -0.25) is 0 Å². The summed E-state index contributed by atoms with van der Waals surface area (Å²) >= 11 is 11.7. The minimum Gasteiger partial charge on any atom is -0.305 e. The Morgan fingerprint density at radius 2 is 2.00 bits per heavy atom. The van der Waals surface area contributed by atoms with Crippen LogP contribution in [0.2, 0.25) is 0 Å². The average molecular weight is 254 g/mol. The lowest BCUT2D eigenvalue weighted by Gasteiger charge is -2.14. The molecule has 0 radical (unpaired) electrons. The van der Waals surface area contributed by atoms with Crippen molar-refractivity contribution in [3.63, 3.8) is 0 Å². The SMILES string of the molecule is CN(C)Cc1cc(F)ccc1P(Cl)Cl. The molecule has 1 aromatic carbocycles. The minimum absolute atomic E-state index is 0.254. The van der Waals surface area contributed by atoms with E-state index in [0.717, 1.165) is 10.9 Å². The highest BCUT2D eigenvalue weighted by atomic mass is 35.9. The van der Waals surface area contributed by atoms with Gasteiger partial charge in [0.25, 0.3) is 0 Å². The molecular weight excluding hydrogens is 243 g/mol. The molecule has 0 saturated heterocycles. The molecule has 0 bridgehead atoms. The predicted octanol–water partition coefficient (Wildman–Crippen LogP) is 3.30. The van der Waals surface area contributed by atoms with Crippen molar-refractivity contribution in [1.29, 1.82) is 0 Å². The lowest BCUT2D eigenvalue weighted by Crippen LogP contribution is -2.16. The van der Waals surface area contributed by atoms with E-state index in [-0.39, 0.29) is 5.82 Å². The first-order chi connectivity index (χ1) is 6.50. The zero-order chi connectivity index (χ0) is 10.7. The van der Waals surface area contributed by atoms with E-state index in [0.29, 0.717) is 6.54 Å². The Balaban J connectivity index is 3.03. The first-order valence-electron chi connectivity index (χ1n) is 4.05. The van der Waals surface area contributed by atoms with Crippen molar-refractivity contribution in [2.24, 2.45) is 0 Å². The van der Waals surface area contributed by atoms with Gasteiger partial charge < -0.3 is 4.90 Å². The zero-order valence-electron chi connectivity index (χ0n) is 7.97. The lowest BCUT2D eigenvalue weighted by atomic mass is 10.2. The van der Waals surface area contributed by atoms with Crippen molar-refractivity contribution in [1.82, 2.24) is 4.90 Å². The van der Waals surface area contributed by atoms with Crippen LogP contribution in [0.25, 0.3) is 0 Å². The Kier molecular flexibility index (Phi) is 4.59. The fourth-order valence-corrected chi connectivity index (χ4v) is 2.72. The average Bonchev–Trinajstić information content (AvgIpc) is 2.01. The fourth-order valence-electron chi connectivity index (χ4n) is 1.19. The van der Waals surface area contributed by atoms with Gasteiger partial charge in [0.15, 0.2) is 0 Å². The van der Waals surface area contributed by atoms with Crippen molar-refractivity contribution >= 4 is 34.4 Å². The normalized spacial score (nSPS) is 11.4. The van der Waals surface area contributed by atoms with Gasteiger partial charge in [-0.15, -0.1) is 0 Å². The van der Waals surface area contributed by atoms with Crippen molar-refractivity contribution in [2.45, 2.75) is 6.54 Å². The summed E-state index contributed by atoms with van der Waals surface area (Å²) in [7, 11) is 3.83. The van der Waals surface area contributed by atoms with Crippen molar-refractivity contribution in [2.75, 3.05) is 14.1 Å². The van der Waals surface area contributed by atoms with E-state index in [1.165, 1.54) is 12.1 Å². The number of benzene rings is 1. The second-order valence-corrected chi connectivity index (χ2v) is 6.74. The van der Waals surface area contributed by atoms with Crippen LogP contribution in [0.4, 0.5) is 4.39 Å². The van der Waals surface area contributed by atoms with E-state index in [2.05, 4.69) is 0 Å². The van der Waals surface area contributed by atoms with E-state index < -0.39 is 6.63 Å². The first kappa shape index (κ1) is 12.2. The minimum atomic E-state index is -1.21. The lowest BCUT2D eigenvalue weighted by molar-refractivity contribution is 0.402. The number of halogens is 3. The number of hydrogen-bond donors (Lipinski definition) is 0. The van der Waals surface area contributed by atoms with Gasteiger partial charge in [-0.05, 0) is 37.9 Å². The molecule has 14 heavy (non-hydrogen) atoms. The Labute approximate surface area is 94.1 Å². The highest BCUT2D eigenvalue weighted by Crippen LogP contribution is 2.46. The Bertz CT molecular complexity index is 318. The van der Waals surface area contributed by atoms with Gasteiger partial charge in [0.2, 0.25) is 0 Å². The maximum absolute atomic E-state index is 13.0. The molecule has 0 atom stereocenters. The van der Waals surface area contributed by atoms with E-state index in [1.54, 1.807) is 6.07 Å². The number of rotatable bonds is 3. The molecule has 0 amide bonds. The van der Waals surface area contributed by atoms with Crippen LogP contribution < -0.4 is 5.30 Å². The van der Waals surface area contributed by atoms with Crippen LogP contribution in [0.3, 0.4) is 0 Å². The summed E-state index contributed by atoms with van der Waals surface area (Å²) in [5.41, 5.74) is 0.853. The summed E-state index contributed by atoms with van der Waals surface area (Å²) in [6.45, 7) is -0.564. The number of nitrogens with zero attached hydrogens (tertiary/aromatic N) is 1. The summed E-state index contributed by atoms with van der Waals surface area (Å²) in [4.78, 5) is 1.95. The van der Waals surface area contributed by atoms with Crippen LogP contribution in [0.1, 0.15) is 5.56 Å². The van der Waals surface area contributed by atoms with Crippen LogP contribution in [-0.2, 0) is 6.54 Å². The largest absolute Gasteiger partial charge is 0.305 e. The van der Waals surface area contributed by atoms with Crippen LogP contribution in [-0.4, -0.2) is 19.0 Å². The zero-order valence-corrected chi connectivity index (χ0v) is 10.4. The van der Waals surface area contributed by atoms with Crippen LogP contribution in [0, 0.1) is 5.82 Å². The third-order valence-corrected chi connectivity index (χ3v) is 3.60. The van der Waals surface area contributed by atoms with Crippen molar-refractivity contribution in [3.8, 4) is 0 Å². The van der Waals surface area contributed by atoms with Gasteiger partial charge in [-0.25, -0.2) is 4.39 Å². The van der Waals surface area contributed by atoms with E-state index in [4.69, 9.17) is 22.5 Å². The molecule has 0 heterocycles. The first-order valence-corrected chi connectivity index (χ1v) is 7.20. The van der Waals surface area contributed by atoms with Gasteiger partial charge >= 0.3 is 0 Å². The highest BCUT2D eigenvalue weighted by Gasteiger charge is 2.11. The second-order valence-electron chi connectivity index (χ2n) is 3.24. The molecule has 0 aromatic heterocycles. The third kappa shape index (κ3) is 3.36. The molecule has 0 unspecified atom stereocenters. The van der Waals surface area contributed by atoms with Gasteiger partial charge in [-0.2, -0.15) is 0 Å². The molecular formula is C9H11Cl2FNP. The molecule has 0 aliphatic rings. The van der Waals surface area contributed by atoms with Crippen LogP contribution >= 0.6 is 29.1 Å². The third-order valence-electron chi connectivity index (χ3n) is 1.71. The van der Waals surface area contributed by atoms with Crippen molar-refractivity contribution < 1.29 is 4.39 Å². The molecule has 5 heteroatoms. The summed E-state index contributed by atoms with van der Waals surface area (Å²) in [5, 5.41) is 0.832. The summed E-state index contributed by atoms with van der Waals surface area (Å²) in [6.07, 6.45) is 0. The molecule has 0 fully saturated rings. The quantitative estimate of drug-likeness (QED) is 0.748. The maximum Gasteiger partial charge on any atom is 0.123 e. The highest BCUT2D eigenvalue weighted by molar-refractivity contribution is 8.08. The standard InChI is InChI=1S/C9H11Cl2FNP/c1-13(2)6-7-5-8(12)3-4-9(7)14(10)11/h3-5H,6H2,1-2H3. The smallest absolute Gasteiger partial charge is 0.123 e. The molecule has 0 aliphatic heterocycles. The molecule has 1 rings (SSSR count). The molecule has 1 aromatic rings. The molecule has 0 N–H and O–H groups in total. The Hall–Kier alpha value is 0.120. The summed E-state index contributed by atoms with van der Waals surface area (Å²) < 4.78 is 13.0. The molecule has 0 aliphatic carbocycles. The van der Waals surface area contributed by atoms with Gasteiger partial charge in [0.1, 0.15) is 12.4 Å². The molecule has 1 nitrogen and oxygen atoms in total. The van der Waals surface area contributed by atoms with E-state index in [1.807, 2.05) is 19.0 Å². The van der Waals surface area contributed by atoms with E-state index in [9.17, 15) is 4.39 Å². The molecule has 0 saturated carbocycles. The maximum atomic E-state index is 13.0. The summed E-state index contributed by atoms with van der Waals surface area (Å²) in [6, 6.07) is 4.52. The Morgan fingerprint density at radius 1 is 1.36 bits per heavy atom. The van der Waals surface area contributed by atoms with Gasteiger partial charge in [-0.1, -0.05) is 22.5 Å². The van der Waals surface area contributed by atoms with E-state index >= 15 is 0 Å². The van der Waals surface area contributed by atoms with Crippen LogP contribution in [0.15, 0.2) is 18.2 Å². The van der Waals surface area contributed by atoms with Crippen molar-refractivity contribution in [3.05, 3.63) is 29.6 Å². The predicted molar refractivity (Wildman–Crippen MR) is 62.1 cm³/mol. The molecule has 0 spiro atoms. The second kappa shape index (κ2) is 5.27. The van der Waals surface area contributed by atoms with Gasteiger partial charge in [0, 0.05) is 11.8 Å². The Morgan fingerprint density at radius 3 is 2.50 bits per heavy atom. The topological polar surface area (TPSA) is 3.24 Å². The molecule has 78 valence electrons. The summed E-state index contributed by atoms with van der Waals surface area (Å²) in [5.74, 6) is -0.254. The number of hydrogen-bond acceptors (Lipinski definition) is 1. The van der Waals surface area contributed by atoms with Gasteiger partial charge in [0.05, 0.1) is 0 Å². The van der Waals surface area contributed by atoms with Crippen LogP contribution in [0.5, 0.6) is 0 Å². The fraction of sp³-hybridized carbons (Fsp3) is 0.333. The monoisotopic (exact) mass is 253 g/mol.